The monoisotopic (exact) mass is 314 g/mol. The van der Waals surface area contributed by atoms with E-state index in [1.54, 1.807) is 6.20 Å². The summed E-state index contributed by atoms with van der Waals surface area (Å²) in [6.07, 6.45) is 7.33. The summed E-state index contributed by atoms with van der Waals surface area (Å²) in [6.45, 7) is 0.683. The van der Waals surface area contributed by atoms with Gasteiger partial charge in [0.15, 0.2) is 5.60 Å². The summed E-state index contributed by atoms with van der Waals surface area (Å²) >= 11 is 0. The molecule has 0 radical (unpaired) electrons. The van der Waals surface area contributed by atoms with Crippen LogP contribution in [0.1, 0.15) is 49.3 Å². The van der Waals surface area contributed by atoms with Crippen LogP contribution in [0, 0.1) is 5.92 Å². The molecule has 1 aliphatic rings. The minimum absolute atomic E-state index is 0.157. The fraction of sp³-hybridized carbons (Fsp3) is 0.526. The van der Waals surface area contributed by atoms with Gasteiger partial charge in [-0.25, -0.2) is 4.98 Å². The fourth-order valence-corrected chi connectivity index (χ4v) is 3.61. The molecule has 1 aromatic carbocycles. The Morgan fingerprint density at radius 2 is 1.87 bits per heavy atom. The molecule has 1 fully saturated rings. The van der Waals surface area contributed by atoms with Crippen molar-refractivity contribution in [1.29, 1.82) is 0 Å². The standard InChI is InChI=1S/C19H26N2O2/c1-21(2)14-17-13-20-18(23-17)19(22,15-9-5-3-6-10-15)16-11-7-4-8-12-16/h3,5-6,9-10,13,16,22H,4,7-8,11-12,14H2,1-2H3/t19-/m0/s1. The van der Waals surface area contributed by atoms with Gasteiger partial charge < -0.3 is 14.4 Å². The number of oxazole rings is 1. The van der Waals surface area contributed by atoms with E-state index in [1.165, 1.54) is 6.42 Å². The lowest BCUT2D eigenvalue weighted by atomic mass is 9.73. The molecule has 1 heterocycles. The zero-order valence-electron chi connectivity index (χ0n) is 14.0. The predicted octanol–water partition coefficient (Wildman–Crippen LogP) is 3.55. The third-order valence-electron chi connectivity index (χ3n) is 4.76. The number of rotatable bonds is 5. The quantitative estimate of drug-likeness (QED) is 0.917. The van der Waals surface area contributed by atoms with E-state index < -0.39 is 5.60 Å². The minimum atomic E-state index is -1.13. The van der Waals surface area contributed by atoms with Crippen molar-refractivity contribution in [1.82, 2.24) is 9.88 Å². The number of nitrogens with zero attached hydrogens (tertiary/aromatic N) is 2. The first-order chi connectivity index (χ1) is 11.1. The SMILES string of the molecule is CN(C)Cc1cnc([C@](O)(c2ccccc2)C2CCCCC2)o1. The Kier molecular flexibility index (Phi) is 4.83. The second-order valence-electron chi connectivity index (χ2n) is 6.84. The van der Waals surface area contributed by atoms with Gasteiger partial charge in [0.25, 0.3) is 0 Å². The van der Waals surface area contributed by atoms with Crippen LogP contribution in [0.4, 0.5) is 0 Å². The van der Waals surface area contributed by atoms with Crippen LogP contribution in [0.3, 0.4) is 0 Å². The van der Waals surface area contributed by atoms with Crippen molar-refractivity contribution in [3.8, 4) is 0 Å². The second-order valence-corrected chi connectivity index (χ2v) is 6.84. The van der Waals surface area contributed by atoms with Crippen LogP contribution < -0.4 is 0 Å². The number of hydrogen-bond donors (Lipinski definition) is 1. The maximum atomic E-state index is 11.7. The molecule has 0 amide bonds. The minimum Gasteiger partial charge on any atom is -0.441 e. The van der Waals surface area contributed by atoms with Gasteiger partial charge in [0, 0.05) is 5.92 Å². The molecular formula is C19H26N2O2. The Morgan fingerprint density at radius 1 is 1.17 bits per heavy atom. The lowest BCUT2D eigenvalue weighted by Crippen LogP contribution is -2.38. The first-order valence-corrected chi connectivity index (χ1v) is 8.48. The lowest BCUT2D eigenvalue weighted by Gasteiger charge is -2.36. The number of hydrogen-bond acceptors (Lipinski definition) is 4. The van der Waals surface area contributed by atoms with Gasteiger partial charge in [-0.15, -0.1) is 0 Å². The van der Waals surface area contributed by atoms with Crippen LogP contribution in [-0.2, 0) is 12.1 Å². The Balaban J connectivity index is 1.99. The number of benzene rings is 1. The summed E-state index contributed by atoms with van der Waals surface area (Å²) in [5, 5.41) is 11.7. The Hall–Kier alpha value is -1.65. The van der Waals surface area contributed by atoms with E-state index in [2.05, 4.69) is 4.98 Å². The van der Waals surface area contributed by atoms with Gasteiger partial charge in [0.2, 0.25) is 5.89 Å². The van der Waals surface area contributed by atoms with Crippen LogP contribution in [0.25, 0.3) is 0 Å². The lowest BCUT2D eigenvalue weighted by molar-refractivity contribution is -0.0242. The van der Waals surface area contributed by atoms with E-state index >= 15 is 0 Å². The highest BCUT2D eigenvalue weighted by Gasteiger charge is 2.44. The molecule has 1 saturated carbocycles. The number of aliphatic hydroxyl groups is 1. The second kappa shape index (κ2) is 6.85. The Bertz CT molecular complexity index is 617. The predicted molar refractivity (Wildman–Crippen MR) is 89.9 cm³/mol. The summed E-state index contributed by atoms with van der Waals surface area (Å²) in [4.78, 5) is 6.48. The van der Waals surface area contributed by atoms with Gasteiger partial charge in [-0.2, -0.15) is 0 Å². The first-order valence-electron chi connectivity index (χ1n) is 8.48. The zero-order chi connectivity index (χ0) is 16.3. The number of aromatic nitrogens is 1. The molecule has 0 saturated heterocycles. The highest BCUT2D eigenvalue weighted by Crippen LogP contribution is 2.43. The van der Waals surface area contributed by atoms with Crippen molar-refractivity contribution in [2.24, 2.45) is 5.92 Å². The van der Waals surface area contributed by atoms with Gasteiger partial charge in [-0.05, 0) is 32.5 Å². The maximum absolute atomic E-state index is 11.7. The summed E-state index contributed by atoms with van der Waals surface area (Å²) in [7, 11) is 3.99. The largest absolute Gasteiger partial charge is 0.441 e. The molecule has 3 rings (SSSR count). The molecule has 0 unspecified atom stereocenters. The average molecular weight is 314 g/mol. The molecule has 124 valence electrons. The van der Waals surface area contributed by atoms with E-state index in [0.29, 0.717) is 12.4 Å². The zero-order valence-corrected chi connectivity index (χ0v) is 14.0. The van der Waals surface area contributed by atoms with Gasteiger partial charge in [0.1, 0.15) is 5.76 Å². The highest BCUT2D eigenvalue weighted by molar-refractivity contribution is 5.30. The van der Waals surface area contributed by atoms with Crippen molar-refractivity contribution < 1.29 is 9.52 Å². The van der Waals surface area contributed by atoms with Crippen LogP contribution in [0.5, 0.6) is 0 Å². The Labute approximate surface area is 138 Å². The molecule has 4 heteroatoms. The average Bonchev–Trinajstić information content (AvgIpc) is 3.04. The molecule has 0 bridgehead atoms. The van der Waals surface area contributed by atoms with Gasteiger partial charge in [0.05, 0.1) is 12.7 Å². The molecular weight excluding hydrogens is 288 g/mol. The van der Waals surface area contributed by atoms with E-state index in [4.69, 9.17) is 4.42 Å². The summed E-state index contributed by atoms with van der Waals surface area (Å²) < 4.78 is 5.96. The van der Waals surface area contributed by atoms with E-state index in [9.17, 15) is 5.11 Å². The molecule has 1 aliphatic carbocycles. The van der Waals surface area contributed by atoms with E-state index in [-0.39, 0.29) is 5.92 Å². The third kappa shape index (κ3) is 3.33. The third-order valence-corrected chi connectivity index (χ3v) is 4.76. The molecule has 4 nitrogen and oxygen atoms in total. The molecule has 23 heavy (non-hydrogen) atoms. The van der Waals surface area contributed by atoms with Crippen LogP contribution in [0.15, 0.2) is 40.9 Å². The topological polar surface area (TPSA) is 49.5 Å². The fourth-order valence-electron chi connectivity index (χ4n) is 3.61. The van der Waals surface area contributed by atoms with Crippen molar-refractivity contribution in [3.05, 3.63) is 53.7 Å². The Morgan fingerprint density at radius 3 is 2.52 bits per heavy atom. The summed E-state index contributed by atoms with van der Waals surface area (Å²) in [5.41, 5.74) is -0.253. The molecule has 1 N–H and O–H groups in total. The summed E-state index contributed by atoms with van der Waals surface area (Å²) in [6, 6.07) is 9.85. The van der Waals surface area contributed by atoms with Gasteiger partial charge in [-0.3, -0.25) is 0 Å². The maximum Gasteiger partial charge on any atom is 0.231 e. The van der Waals surface area contributed by atoms with Crippen LogP contribution >= 0.6 is 0 Å². The van der Waals surface area contributed by atoms with Gasteiger partial charge in [-0.1, -0.05) is 49.6 Å². The van der Waals surface area contributed by atoms with Crippen molar-refractivity contribution >= 4 is 0 Å². The van der Waals surface area contributed by atoms with E-state index in [1.807, 2.05) is 49.3 Å². The van der Waals surface area contributed by atoms with Crippen LogP contribution in [-0.4, -0.2) is 29.1 Å². The smallest absolute Gasteiger partial charge is 0.231 e. The normalized spacial score (nSPS) is 19.0. The van der Waals surface area contributed by atoms with Crippen molar-refractivity contribution in [3.63, 3.8) is 0 Å². The highest BCUT2D eigenvalue weighted by atomic mass is 16.4. The molecule has 2 aromatic rings. The van der Waals surface area contributed by atoms with Crippen molar-refractivity contribution in [2.45, 2.75) is 44.2 Å². The van der Waals surface area contributed by atoms with E-state index in [0.717, 1.165) is 37.0 Å². The van der Waals surface area contributed by atoms with Gasteiger partial charge >= 0.3 is 0 Å². The molecule has 1 aromatic heterocycles. The first kappa shape index (κ1) is 16.2. The van der Waals surface area contributed by atoms with Crippen molar-refractivity contribution in [2.75, 3.05) is 14.1 Å². The summed E-state index contributed by atoms with van der Waals surface area (Å²) in [5.74, 6) is 1.38. The van der Waals surface area contributed by atoms with Crippen LogP contribution in [0.2, 0.25) is 0 Å². The molecule has 0 aliphatic heterocycles. The molecule has 0 spiro atoms. The molecule has 1 atom stereocenters.